The van der Waals surface area contributed by atoms with E-state index in [-0.39, 0.29) is 81.6 Å². The van der Waals surface area contributed by atoms with Crippen LogP contribution in [0.4, 0.5) is 0 Å². The predicted octanol–water partition coefficient (Wildman–Crippen LogP) is 2.87. The number of ketones is 1. The Morgan fingerprint density at radius 2 is 1.77 bits per heavy atom. The zero-order valence-corrected chi connectivity index (χ0v) is 39.7. The number of ether oxygens (including phenoxy) is 1. The van der Waals surface area contributed by atoms with Gasteiger partial charge in [-0.05, 0) is 144 Å². The summed E-state index contributed by atoms with van der Waals surface area (Å²) in [6.07, 6.45) is 10.6. The van der Waals surface area contributed by atoms with Gasteiger partial charge >= 0.3 is 0 Å². The summed E-state index contributed by atoms with van der Waals surface area (Å²) in [5.74, 6) is -3.22. The van der Waals surface area contributed by atoms with Crippen molar-refractivity contribution >= 4 is 5.78 Å². The molecule has 0 radical (unpaired) electrons. The quantitative estimate of drug-likeness (QED) is 0.133. The summed E-state index contributed by atoms with van der Waals surface area (Å²) in [7, 11) is 0. The first-order valence-corrected chi connectivity index (χ1v) is 25.7. The van der Waals surface area contributed by atoms with Gasteiger partial charge < -0.3 is 67.1 Å². The largest absolute Gasteiger partial charge is 0.396 e. The highest BCUT2D eigenvalue weighted by molar-refractivity contribution is 6.00. The number of Topliss-reactive ketones (excluding diaryl/α,β-unsaturated/α-hetero) is 1. The van der Waals surface area contributed by atoms with E-state index in [4.69, 9.17) is 10.5 Å². The molecule has 1 spiro atoms. The molecule has 370 valence electrons. The molecule has 1 unspecified atom stereocenters. The number of aliphatic hydroxyl groups is 9. The second kappa shape index (κ2) is 17.6. The van der Waals surface area contributed by atoms with Crippen molar-refractivity contribution in [3.05, 3.63) is 46.8 Å². The van der Waals surface area contributed by atoms with Crippen molar-refractivity contribution < 1.29 is 55.5 Å². The second-order valence-corrected chi connectivity index (χ2v) is 23.4. The fourth-order valence-electron chi connectivity index (χ4n) is 16.7. The number of nitrogens with one attached hydrogen (secondary N) is 2. The van der Waals surface area contributed by atoms with Crippen LogP contribution >= 0.6 is 0 Å². The number of allylic oxidation sites excluding steroid dienone is 5. The Morgan fingerprint density at radius 3 is 2.50 bits per heavy atom. The summed E-state index contributed by atoms with van der Waals surface area (Å²) in [5, 5.41) is 117. The number of nitrogens with two attached hydrogens (primary N) is 1. The highest BCUT2D eigenvalue weighted by Gasteiger charge is 2.78. The van der Waals surface area contributed by atoms with Gasteiger partial charge in [-0.1, -0.05) is 51.3 Å². The van der Waals surface area contributed by atoms with Crippen LogP contribution in [0.15, 0.2) is 46.8 Å². The molecular formula is C52H81N3O11. The molecule has 5 saturated carbocycles. The van der Waals surface area contributed by atoms with Gasteiger partial charge in [0.05, 0.1) is 65.3 Å². The monoisotopic (exact) mass is 924 g/mol. The Hall–Kier alpha value is -2.21. The van der Waals surface area contributed by atoms with E-state index in [0.717, 1.165) is 49.8 Å². The van der Waals surface area contributed by atoms with E-state index in [1.54, 1.807) is 19.9 Å². The molecule has 9 aliphatic rings. The first-order valence-electron chi connectivity index (χ1n) is 25.7. The number of hydrogen-bond donors (Lipinski definition) is 12. The van der Waals surface area contributed by atoms with Gasteiger partial charge in [0, 0.05) is 47.9 Å². The zero-order chi connectivity index (χ0) is 47.4. The SMILES string of the molecule is CCC[C@@H]1CC[C@H]2[C@H]3[C@@H](O[C@@H]2CC1)[C@@](O)([C@](C)(O)[C@H]1CC[C@@]2(O)C4=C(NC[C@H](C)O)C(=O)[C@@H]5C[C@@H](O)[C@@H](O)C[C@@]56C[C@@H](C5=C(CCCO)NC(N)C=C5)C=C[C@@](O)(C[C@]12C)[C@@H]46)CCC[C@@H]3O. The van der Waals surface area contributed by atoms with Gasteiger partial charge in [0.2, 0.25) is 0 Å². The van der Waals surface area contributed by atoms with Crippen molar-refractivity contribution in [3.8, 4) is 0 Å². The lowest BCUT2D eigenvalue weighted by atomic mass is 9.40. The van der Waals surface area contributed by atoms with Crippen molar-refractivity contribution in [1.29, 1.82) is 0 Å². The molecule has 14 nitrogen and oxygen atoms in total. The lowest BCUT2D eigenvalue weighted by molar-refractivity contribution is -0.262. The molecule has 0 bridgehead atoms. The Morgan fingerprint density at radius 1 is 1.02 bits per heavy atom. The predicted molar refractivity (Wildman–Crippen MR) is 247 cm³/mol. The number of hydrogen-bond acceptors (Lipinski definition) is 14. The summed E-state index contributed by atoms with van der Waals surface area (Å²) in [5.41, 5.74) is -1.50. The van der Waals surface area contributed by atoms with Gasteiger partial charge in [-0.15, -0.1) is 0 Å². The van der Waals surface area contributed by atoms with Crippen molar-refractivity contribution in [1.82, 2.24) is 10.6 Å². The minimum Gasteiger partial charge on any atom is -0.396 e. The van der Waals surface area contributed by atoms with Gasteiger partial charge in [-0.3, -0.25) is 4.79 Å². The maximum atomic E-state index is 15.5. The van der Waals surface area contributed by atoms with Crippen LogP contribution in [-0.2, 0) is 9.53 Å². The van der Waals surface area contributed by atoms with Crippen molar-refractivity contribution in [2.24, 2.45) is 58.0 Å². The summed E-state index contributed by atoms with van der Waals surface area (Å²) in [6, 6.07) is 0. The van der Waals surface area contributed by atoms with Gasteiger partial charge in [-0.25, -0.2) is 0 Å². The Labute approximate surface area is 390 Å². The third kappa shape index (κ3) is 7.39. The normalized spacial score (nSPS) is 49.0. The highest BCUT2D eigenvalue weighted by Crippen LogP contribution is 2.74. The Kier molecular flexibility index (Phi) is 13.0. The zero-order valence-electron chi connectivity index (χ0n) is 39.7. The van der Waals surface area contributed by atoms with Crippen LogP contribution in [0.25, 0.3) is 0 Å². The second-order valence-electron chi connectivity index (χ2n) is 23.4. The fraction of sp³-hybridized carbons (Fsp3) is 0.827. The van der Waals surface area contributed by atoms with E-state index in [0.29, 0.717) is 37.2 Å². The average Bonchev–Trinajstić information content (AvgIpc) is 3.58. The van der Waals surface area contributed by atoms with Gasteiger partial charge in [0.25, 0.3) is 0 Å². The Bertz CT molecular complexity index is 1990. The standard InChI is InChI=1S/C52H81N3O11/c1-5-8-29-11-13-32-38(15-12-29)66-46-41(32)35(58)10-6-19-52(46,65)48(4,62)39-18-21-51(64)42-43(54-26-28(2)57)44(61)33-23-36(59)37(60)25-49(33)24-30(17-20-50(63,45(42)49)27-47(39,51)3)31-14-16-40(53)55-34(31)9-7-22-56/h14,16-17,20,28-30,32-33,35-41,45-46,54-60,62-65H,5-13,15,18-19,21-27,53H2,1-4H3/t28-,29+,30-,32+,33-,35-,36+,37-,38+,39-,40?,41+,45-,46+,47+,48+,49-,50+,51+,52+/m0/s1. The van der Waals surface area contributed by atoms with Gasteiger partial charge in [0.1, 0.15) is 5.60 Å². The van der Waals surface area contributed by atoms with Crippen molar-refractivity contribution in [3.63, 3.8) is 0 Å². The van der Waals surface area contributed by atoms with Crippen LogP contribution in [0.5, 0.6) is 0 Å². The van der Waals surface area contributed by atoms with E-state index < -0.39 is 99.5 Å². The van der Waals surface area contributed by atoms with Gasteiger partial charge in [-0.2, -0.15) is 0 Å². The number of aliphatic hydroxyl groups excluding tert-OH is 5. The van der Waals surface area contributed by atoms with E-state index in [1.807, 2.05) is 25.2 Å². The topological polar surface area (TPSA) is 258 Å². The minimum atomic E-state index is -1.92. The van der Waals surface area contributed by atoms with Crippen LogP contribution in [0.1, 0.15) is 137 Å². The molecule has 0 amide bonds. The number of fused-ring (bicyclic) bond motifs is 5. The highest BCUT2D eigenvalue weighted by atomic mass is 16.5. The number of dihydropyridines is 1. The van der Waals surface area contributed by atoms with Crippen LogP contribution in [0.3, 0.4) is 0 Å². The molecule has 0 aromatic heterocycles. The van der Waals surface area contributed by atoms with E-state index in [9.17, 15) is 46.0 Å². The van der Waals surface area contributed by atoms with Crippen LogP contribution in [0.2, 0.25) is 0 Å². The first kappa shape index (κ1) is 48.8. The molecule has 2 aliphatic heterocycles. The maximum Gasteiger partial charge on any atom is 0.182 e. The molecule has 20 atom stereocenters. The van der Waals surface area contributed by atoms with E-state index >= 15 is 4.79 Å². The van der Waals surface area contributed by atoms with Crippen LogP contribution in [-0.4, -0.2) is 130 Å². The third-order valence-electron chi connectivity index (χ3n) is 19.6. The van der Waals surface area contributed by atoms with Crippen LogP contribution < -0.4 is 16.4 Å². The van der Waals surface area contributed by atoms with Crippen molar-refractivity contribution in [2.45, 2.75) is 202 Å². The molecule has 14 heteroatoms. The van der Waals surface area contributed by atoms with Crippen molar-refractivity contribution in [2.75, 3.05) is 13.2 Å². The summed E-state index contributed by atoms with van der Waals surface area (Å²) >= 11 is 0. The fourth-order valence-corrected chi connectivity index (χ4v) is 16.7. The molecule has 0 aromatic rings. The number of carbonyl (C=O) groups excluding carboxylic acids is 1. The Balaban J connectivity index is 1.19. The lowest BCUT2D eigenvalue weighted by Gasteiger charge is -2.66. The van der Waals surface area contributed by atoms with Crippen LogP contribution in [0, 0.1) is 52.3 Å². The molecule has 0 aromatic carbocycles. The molecular weight excluding hydrogens is 843 g/mol. The third-order valence-corrected chi connectivity index (χ3v) is 19.6. The summed E-state index contributed by atoms with van der Waals surface area (Å²) in [6.45, 7) is 7.27. The molecule has 9 rings (SSSR count). The smallest absolute Gasteiger partial charge is 0.182 e. The molecule has 66 heavy (non-hydrogen) atoms. The van der Waals surface area contributed by atoms with E-state index in [2.05, 4.69) is 17.6 Å². The maximum absolute atomic E-state index is 15.5. The van der Waals surface area contributed by atoms with Gasteiger partial charge in [0.15, 0.2) is 5.78 Å². The molecule has 1 saturated heterocycles. The molecule has 7 aliphatic carbocycles. The minimum absolute atomic E-state index is 0.0299. The molecule has 6 fully saturated rings. The van der Waals surface area contributed by atoms with E-state index in [1.165, 1.54) is 0 Å². The lowest BCUT2D eigenvalue weighted by Crippen LogP contribution is -2.72. The summed E-state index contributed by atoms with van der Waals surface area (Å²) < 4.78 is 6.98. The molecule has 13 N–H and O–H groups in total. The average molecular weight is 924 g/mol. The first-order chi connectivity index (χ1) is 31.2. The number of rotatable bonds is 11. The summed E-state index contributed by atoms with van der Waals surface area (Å²) in [4.78, 5) is 15.5. The molecule has 2 heterocycles. The number of carbonyl (C=O) groups is 1.